The van der Waals surface area contributed by atoms with Gasteiger partial charge in [-0.05, 0) is 56.2 Å². The molecule has 1 unspecified atom stereocenters. The minimum absolute atomic E-state index is 0.00103. The second-order valence-corrected chi connectivity index (χ2v) is 7.84. The van der Waals surface area contributed by atoms with Crippen molar-refractivity contribution in [1.29, 1.82) is 0 Å². The first-order valence-corrected chi connectivity index (χ1v) is 9.33. The van der Waals surface area contributed by atoms with Crippen LogP contribution in [-0.2, 0) is 14.9 Å². The van der Waals surface area contributed by atoms with Crippen molar-refractivity contribution < 1.29 is 13.9 Å². The molecule has 130 valence electrons. The Balaban J connectivity index is 1.43. The third kappa shape index (κ3) is 2.97. The number of halogens is 1. The molecular weight excluding hydrogens is 305 g/mol. The summed E-state index contributed by atoms with van der Waals surface area (Å²) in [6.07, 6.45) is 9.59. The molecule has 1 aromatic carbocycles. The zero-order valence-electron chi connectivity index (χ0n) is 14.2. The van der Waals surface area contributed by atoms with Crippen LogP contribution in [0.5, 0.6) is 0 Å². The summed E-state index contributed by atoms with van der Waals surface area (Å²) in [4.78, 5) is 12.9. The molecular formula is C20H26FNO2. The lowest BCUT2D eigenvalue weighted by Crippen LogP contribution is -2.51. The summed E-state index contributed by atoms with van der Waals surface area (Å²) >= 11 is 0. The summed E-state index contributed by atoms with van der Waals surface area (Å²) in [5, 5.41) is 3.29. The van der Waals surface area contributed by atoms with Gasteiger partial charge in [-0.3, -0.25) is 4.79 Å². The summed E-state index contributed by atoms with van der Waals surface area (Å²) in [6, 6.07) is 6.63. The molecule has 0 bridgehead atoms. The maximum absolute atomic E-state index is 13.2. The number of carbonyl (C=O) groups is 1. The van der Waals surface area contributed by atoms with Gasteiger partial charge in [0, 0.05) is 12.6 Å². The molecule has 1 N–H and O–H groups in total. The second-order valence-electron chi connectivity index (χ2n) is 7.84. The highest BCUT2D eigenvalue weighted by Gasteiger charge is 2.52. The number of rotatable bonds is 3. The summed E-state index contributed by atoms with van der Waals surface area (Å²) < 4.78 is 19.3. The van der Waals surface area contributed by atoms with Crippen molar-refractivity contribution in [3.63, 3.8) is 0 Å². The molecule has 1 atom stereocenters. The maximum Gasteiger partial charge on any atom is 0.230 e. The third-order valence-corrected chi connectivity index (χ3v) is 6.17. The van der Waals surface area contributed by atoms with Crippen LogP contribution in [0, 0.1) is 5.82 Å². The highest BCUT2D eigenvalue weighted by molar-refractivity contribution is 5.91. The molecule has 3 nitrogen and oxygen atoms in total. The van der Waals surface area contributed by atoms with Crippen LogP contribution in [0.3, 0.4) is 0 Å². The predicted octanol–water partition coefficient (Wildman–Crippen LogP) is 3.86. The number of ether oxygens (including phenoxy) is 1. The topological polar surface area (TPSA) is 38.3 Å². The van der Waals surface area contributed by atoms with E-state index in [1.807, 2.05) is 0 Å². The number of benzene rings is 1. The highest BCUT2D eigenvalue weighted by Crippen LogP contribution is 2.49. The molecule has 3 aliphatic rings. The Morgan fingerprint density at radius 2 is 1.79 bits per heavy atom. The van der Waals surface area contributed by atoms with Crippen molar-refractivity contribution >= 4 is 5.91 Å². The van der Waals surface area contributed by atoms with E-state index >= 15 is 0 Å². The summed E-state index contributed by atoms with van der Waals surface area (Å²) in [5.74, 6) is -0.134. The van der Waals surface area contributed by atoms with Gasteiger partial charge in [0.25, 0.3) is 0 Å². The van der Waals surface area contributed by atoms with Crippen LogP contribution in [0.25, 0.3) is 0 Å². The first-order chi connectivity index (χ1) is 11.6. The van der Waals surface area contributed by atoms with E-state index in [0.717, 1.165) is 50.7 Å². The van der Waals surface area contributed by atoms with E-state index in [-0.39, 0.29) is 23.4 Å². The molecule has 2 aliphatic carbocycles. The molecule has 4 heteroatoms. The van der Waals surface area contributed by atoms with Gasteiger partial charge in [0.2, 0.25) is 5.91 Å². The SMILES string of the molecule is O=C(NC1CCOC2(CCCCC2)C1)C1(c2ccc(F)cc2)CC1. The minimum atomic E-state index is -0.425. The predicted molar refractivity (Wildman–Crippen MR) is 90.2 cm³/mol. The average molecular weight is 331 g/mol. The number of amides is 1. The van der Waals surface area contributed by atoms with Crippen LogP contribution >= 0.6 is 0 Å². The van der Waals surface area contributed by atoms with Crippen molar-refractivity contribution in [1.82, 2.24) is 5.32 Å². The van der Waals surface area contributed by atoms with Gasteiger partial charge in [0.05, 0.1) is 11.0 Å². The Bertz CT molecular complexity index is 597. The fourth-order valence-corrected chi connectivity index (χ4v) is 4.56. The van der Waals surface area contributed by atoms with Crippen molar-refractivity contribution in [2.45, 2.75) is 74.8 Å². The molecule has 24 heavy (non-hydrogen) atoms. The Kier molecular flexibility index (Phi) is 4.11. The number of hydrogen-bond donors (Lipinski definition) is 1. The van der Waals surface area contributed by atoms with E-state index in [9.17, 15) is 9.18 Å². The largest absolute Gasteiger partial charge is 0.375 e. The molecule has 0 radical (unpaired) electrons. The Morgan fingerprint density at radius 3 is 2.46 bits per heavy atom. The van der Waals surface area contributed by atoms with Crippen LogP contribution in [-0.4, -0.2) is 24.2 Å². The lowest BCUT2D eigenvalue weighted by molar-refractivity contribution is -0.130. The summed E-state index contributed by atoms with van der Waals surface area (Å²) in [6.45, 7) is 0.745. The molecule has 2 saturated carbocycles. The first-order valence-electron chi connectivity index (χ1n) is 9.33. The van der Waals surface area contributed by atoms with Crippen LogP contribution < -0.4 is 5.32 Å². The molecule has 3 fully saturated rings. The monoisotopic (exact) mass is 331 g/mol. The smallest absolute Gasteiger partial charge is 0.230 e. The van der Waals surface area contributed by atoms with E-state index in [4.69, 9.17) is 4.74 Å². The van der Waals surface area contributed by atoms with E-state index in [1.54, 1.807) is 12.1 Å². The van der Waals surface area contributed by atoms with Gasteiger partial charge in [-0.25, -0.2) is 4.39 Å². The normalized spacial score (nSPS) is 27.6. The van der Waals surface area contributed by atoms with Gasteiger partial charge < -0.3 is 10.1 Å². The number of nitrogens with one attached hydrogen (secondary N) is 1. The third-order valence-electron chi connectivity index (χ3n) is 6.17. The molecule has 0 aromatic heterocycles. The van der Waals surface area contributed by atoms with Gasteiger partial charge in [-0.15, -0.1) is 0 Å². The minimum Gasteiger partial charge on any atom is -0.375 e. The van der Waals surface area contributed by atoms with E-state index in [1.165, 1.54) is 31.4 Å². The van der Waals surface area contributed by atoms with Gasteiger partial charge in [-0.2, -0.15) is 0 Å². The van der Waals surface area contributed by atoms with Crippen LogP contribution in [0.4, 0.5) is 4.39 Å². The zero-order valence-corrected chi connectivity index (χ0v) is 14.2. The summed E-state index contributed by atoms with van der Waals surface area (Å²) in [7, 11) is 0. The van der Waals surface area contributed by atoms with Gasteiger partial charge >= 0.3 is 0 Å². The molecule has 1 aliphatic heterocycles. The fourth-order valence-electron chi connectivity index (χ4n) is 4.56. The first kappa shape index (κ1) is 16.1. The Labute approximate surface area is 143 Å². The molecule has 1 spiro atoms. The van der Waals surface area contributed by atoms with E-state index in [0.29, 0.717) is 0 Å². The second kappa shape index (κ2) is 6.14. The molecule has 1 saturated heterocycles. The van der Waals surface area contributed by atoms with Crippen molar-refractivity contribution in [2.24, 2.45) is 0 Å². The fraction of sp³-hybridized carbons (Fsp3) is 0.650. The molecule has 1 heterocycles. The lowest BCUT2D eigenvalue weighted by Gasteiger charge is -2.44. The van der Waals surface area contributed by atoms with Crippen LogP contribution in [0.15, 0.2) is 24.3 Å². The summed E-state index contributed by atoms with van der Waals surface area (Å²) in [5.41, 5.74) is 0.521. The van der Waals surface area contributed by atoms with Crippen molar-refractivity contribution in [2.75, 3.05) is 6.61 Å². The zero-order chi connectivity index (χ0) is 16.6. The van der Waals surface area contributed by atoms with Crippen molar-refractivity contribution in [3.05, 3.63) is 35.6 Å². The number of carbonyl (C=O) groups excluding carboxylic acids is 1. The Morgan fingerprint density at radius 1 is 1.08 bits per heavy atom. The maximum atomic E-state index is 13.2. The molecule has 1 aromatic rings. The average Bonchev–Trinajstić information content (AvgIpc) is 3.38. The van der Waals surface area contributed by atoms with Gasteiger partial charge in [0.15, 0.2) is 0 Å². The standard InChI is InChI=1S/C20H26FNO2/c21-16-6-4-15(5-7-16)20(11-12-20)18(23)22-17-8-13-24-19(14-17)9-2-1-3-10-19/h4-7,17H,1-3,8-14H2,(H,22,23). The Hall–Kier alpha value is -1.42. The molecule has 1 amide bonds. The van der Waals surface area contributed by atoms with Crippen LogP contribution in [0.2, 0.25) is 0 Å². The van der Waals surface area contributed by atoms with Gasteiger partial charge in [0.1, 0.15) is 5.82 Å². The lowest BCUT2D eigenvalue weighted by atomic mass is 9.78. The van der Waals surface area contributed by atoms with Crippen molar-refractivity contribution in [3.8, 4) is 0 Å². The van der Waals surface area contributed by atoms with E-state index in [2.05, 4.69) is 5.32 Å². The van der Waals surface area contributed by atoms with E-state index < -0.39 is 5.41 Å². The highest BCUT2D eigenvalue weighted by atomic mass is 19.1. The van der Waals surface area contributed by atoms with Crippen LogP contribution in [0.1, 0.15) is 63.4 Å². The quantitative estimate of drug-likeness (QED) is 0.913. The molecule has 4 rings (SSSR count). The van der Waals surface area contributed by atoms with Gasteiger partial charge in [-0.1, -0.05) is 31.4 Å². The number of hydrogen-bond acceptors (Lipinski definition) is 2.